The van der Waals surface area contributed by atoms with Crippen molar-refractivity contribution in [2.75, 3.05) is 0 Å². The standard InChI is InChI=1S/C18H16BrFN2/c1-11-5-3-6-13(12(11)2)17(16-9-21-10-22-16)14-7-4-8-15(19)18(14)20/h3-10,17H,1-2H3,(H,21,22). The monoisotopic (exact) mass is 358 g/mol. The highest BCUT2D eigenvalue weighted by atomic mass is 79.9. The maximum atomic E-state index is 14.7. The Hall–Kier alpha value is -1.94. The molecule has 0 aliphatic heterocycles. The molecule has 0 amide bonds. The first-order valence-electron chi connectivity index (χ1n) is 7.08. The van der Waals surface area contributed by atoms with Gasteiger partial charge in [-0.3, -0.25) is 0 Å². The third kappa shape index (κ3) is 2.59. The summed E-state index contributed by atoms with van der Waals surface area (Å²) < 4.78 is 15.2. The van der Waals surface area contributed by atoms with Crippen LogP contribution in [0.15, 0.2) is 53.4 Å². The van der Waals surface area contributed by atoms with E-state index in [1.54, 1.807) is 18.6 Å². The van der Waals surface area contributed by atoms with Gasteiger partial charge in [-0.05, 0) is 52.5 Å². The molecule has 0 saturated heterocycles. The third-order valence-electron chi connectivity index (χ3n) is 4.08. The van der Waals surface area contributed by atoms with Crippen LogP contribution in [0.5, 0.6) is 0 Å². The van der Waals surface area contributed by atoms with Crippen molar-refractivity contribution in [3.63, 3.8) is 0 Å². The lowest BCUT2D eigenvalue weighted by Crippen LogP contribution is -2.09. The van der Waals surface area contributed by atoms with Gasteiger partial charge in [-0.25, -0.2) is 9.37 Å². The minimum Gasteiger partial charge on any atom is -0.348 e. The molecule has 112 valence electrons. The molecule has 1 unspecified atom stereocenters. The van der Waals surface area contributed by atoms with Gasteiger partial charge in [0, 0.05) is 17.5 Å². The molecule has 0 spiro atoms. The average molecular weight is 359 g/mol. The van der Waals surface area contributed by atoms with Gasteiger partial charge >= 0.3 is 0 Å². The van der Waals surface area contributed by atoms with E-state index >= 15 is 0 Å². The van der Waals surface area contributed by atoms with Crippen molar-refractivity contribution >= 4 is 15.9 Å². The first-order chi connectivity index (χ1) is 10.6. The third-order valence-corrected chi connectivity index (χ3v) is 4.69. The predicted molar refractivity (Wildman–Crippen MR) is 89.5 cm³/mol. The second-order valence-corrected chi connectivity index (χ2v) is 6.23. The molecule has 3 rings (SSSR count). The maximum Gasteiger partial charge on any atom is 0.141 e. The fourth-order valence-electron chi connectivity index (χ4n) is 2.76. The fourth-order valence-corrected chi connectivity index (χ4v) is 3.14. The maximum absolute atomic E-state index is 14.7. The molecule has 1 aromatic heterocycles. The van der Waals surface area contributed by atoms with E-state index < -0.39 is 0 Å². The van der Waals surface area contributed by atoms with Crippen LogP contribution in [0.3, 0.4) is 0 Å². The number of halogens is 2. The summed E-state index contributed by atoms with van der Waals surface area (Å²) in [6.45, 7) is 4.14. The fraction of sp³-hybridized carbons (Fsp3) is 0.167. The van der Waals surface area contributed by atoms with Crippen LogP contribution in [0, 0.1) is 19.7 Å². The van der Waals surface area contributed by atoms with E-state index in [1.165, 1.54) is 11.1 Å². The molecule has 3 aromatic rings. The summed E-state index contributed by atoms with van der Waals surface area (Å²) in [5.41, 5.74) is 4.96. The number of aryl methyl sites for hydroxylation is 1. The van der Waals surface area contributed by atoms with Gasteiger partial charge in [0.05, 0.1) is 16.7 Å². The molecular formula is C18H16BrFN2. The van der Waals surface area contributed by atoms with Gasteiger partial charge in [0.1, 0.15) is 5.82 Å². The lowest BCUT2D eigenvalue weighted by molar-refractivity contribution is 0.598. The van der Waals surface area contributed by atoms with Gasteiger partial charge in [-0.2, -0.15) is 0 Å². The molecule has 0 aliphatic carbocycles. The van der Waals surface area contributed by atoms with Gasteiger partial charge in [0.25, 0.3) is 0 Å². The van der Waals surface area contributed by atoms with Crippen molar-refractivity contribution in [2.45, 2.75) is 19.8 Å². The van der Waals surface area contributed by atoms with Crippen LogP contribution in [0.4, 0.5) is 4.39 Å². The summed E-state index contributed by atoms with van der Waals surface area (Å²) in [6.07, 6.45) is 3.39. The van der Waals surface area contributed by atoms with Gasteiger partial charge in [0.15, 0.2) is 0 Å². The van der Waals surface area contributed by atoms with Crippen molar-refractivity contribution in [1.82, 2.24) is 9.97 Å². The molecule has 0 saturated carbocycles. The van der Waals surface area contributed by atoms with Gasteiger partial charge in [-0.1, -0.05) is 30.3 Å². The van der Waals surface area contributed by atoms with Crippen molar-refractivity contribution in [2.24, 2.45) is 0 Å². The number of aromatic nitrogens is 2. The Labute approximate surface area is 137 Å². The molecule has 0 fully saturated rings. The summed E-state index contributed by atoms with van der Waals surface area (Å²) in [5.74, 6) is -0.442. The minimum atomic E-state index is -0.233. The molecule has 0 bridgehead atoms. The summed E-state index contributed by atoms with van der Waals surface area (Å²) in [5, 5.41) is 0. The van der Waals surface area contributed by atoms with Crippen LogP contribution in [0.1, 0.15) is 33.9 Å². The molecule has 22 heavy (non-hydrogen) atoms. The molecular weight excluding hydrogens is 343 g/mol. The number of nitrogens with zero attached hydrogens (tertiary/aromatic N) is 1. The van der Waals surface area contributed by atoms with E-state index in [1.807, 2.05) is 24.3 Å². The number of H-pyrrole nitrogens is 1. The Balaban J connectivity index is 2.26. The molecule has 0 radical (unpaired) electrons. The number of imidazole rings is 1. The summed E-state index contributed by atoms with van der Waals surface area (Å²) in [6, 6.07) is 11.5. The van der Waals surface area contributed by atoms with E-state index in [0.717, 1.165) is 11.3 Å². The zero-order valence-electron chi connectivity index (χ0n) is 12.4. The average Bonchev–Trinajstić information content (AvgIpc) is 3.02. The number of benzene rings is 2. The minimum absolute atomic E-state index is 0.208. The molecule has 1 N–H and O–H groups in total. The molecule has 4 heteroatoms. The zero-order chi connectivity index (χ0) is 15.7. The quantitative estimate of drug-likeness (QED) is 0.692. The Morgan fingerprint density at radius 1 is 1.09 bits per heavy atom. The van der Waals surface area contributed by atoms with E-state index in [-0.39, 0.29) is 11.7 Å². The van der Waals surface area contributed by atoms with E-state index in [2.05, 4.69) is 45.8 Å². The van der Waals surface area contributed by atoms with Crippen molar-refractivity contribution in [3.05, 3.63) is 87.2 Å². The van der Waals surface area contributed by atoms with Gasteiger partial charge in [0.2, 0.25) is 0 Å². The van der Waals surface area contributed by atoms with Crippen LogP contribution in [0.25, 0.3) is 0 Å². The molecule has 1 atom stereocenters. The molecule has 1 heterocycles. The lowest BCUT2D eigenvalue weighted by Gasteiger charge is -2.21. The Morgan fingerprint density at radius 2 is 1.82 bits per heavy atom. The van der Waals surface area contributed by atoms with Crippen LogP contribution in [0.2, 0.25) is 0 Å². The highest BCUT2D eigenvalue weighted by Crippen LogP contribution is 2.36. The topological polar surface area (TPSA) is 28.7 Å². The lowest BCUT2D eigenvalue weighted by atomic mass is 9.85. The number of hydrogen-bond acceptors (Lipinski definition) is 1. The number of nitrogens with one attached hydrogen (secondary N) is 1. The molecule has 2 nitrogen and oxygen atoms in total. The first-order valence-corrected chi connectivity index (χ1v) is 7.87. The van der Waals surface area contributed by atoms with Crippen LogP contribution in [-0.4, -0.2) is 9.97 Å². The summed E-state index contributed by atoms with van der Waals surface area (Å²) >= 11 is 3.28. The van der Waals surface area contributed by atoms with Gasteiger partial charge < -0.3 is 4.98 Å². The SMILES string of the molecule is Cc1cccc(C(c2cnc[nH]2)c2cccc(Br)c2F)c1C. The van der Waals surface area contributed by atoms with E-state index in [9.17, 15) is 4.39 Å². The predicted octanol–water partition coefficient (Wildman–Crippen LogP) is 5.11. The number of hydrogen-bond donors (Lipinski definition) is 1. The van der Waals surface area contributed by atoms with Crippen LogP contribution in [-0.2, 0) is 0 Å². The van der Waals surface area contributed by atoms with Crippen molar-refractivity contribution < 1.29 is 4.39 Å². The Kier molecular flexibility index (Phi) is 4.12. The largest absolute Gasteiger partial charge is 0.348 e. The van der Waals surface area contributed by atoms with E-state index in [0.29, 0.717) is 10.0 Å². The second-order valence-electron chi connectivity index (χ2n) is 5.37. The normalized spacial score (nSPS) is 12.4. The number of aromatic amines is 1. The van der Waals surface area contributed by atoms with E-state index in [4.69, 9.17) is 0 Å². The second kappa shape index (κ2) is 6.05. The highest BCUT2D eigenvalue weighted by Gasteiger charge is 2.24. The summed E-state index contributed by atoms with van der Waals surface area (Å²) in [7, 11) is 0. The molecule has 0 aliphatic rings. The van der Waals surface area contributed by atoms with Crippen LogP contribution >= 0.6 is 15.9 Å². The number of rotatable bonds is 3. The van der Waals surface area contributed by atoms with Gasteiger partial charge in [-0.15, -0.1) is 0 Å². The van der Waals surface area contributed by atoms with Crippen LogP contribution < -0.4 is 0 Å². The van der Waals surface area contributed by atoms with Crippen molar-refractivity contribution in [3.8, 4) is 0 Å². The first kappa shape index (κ1) is 15.0. The zero-order valence-corrected chi connectivity index (χ0v) is 14.0. The Morgan fingerprint density at radius 3 is 2.55 bits per heavy atom. The molecule has 2 aromatic carbocycles. The van der Waals surface area contributed by atoms with Crippen molar-refractivity contribution in [1.29, 1.82) is 0 Å². The highest BCUT2D eigenvalue weighted by molar-refractivity contribution is 9.10. The smallest absolute Gasteiger partial charge is 0.141 e. The Bertz CT molecular complexity index is 745. The summed E-state index contributed by atoms with van der Waals surface area (Å²) in [4.78, 5) is 7.24.